The van der Waals surface area contributed by atoms with Crippen molar-refractivity contribution >= 4 is 17.2 Å². The average molecular weight is 422 g/mol. The van der Waals surface area contributed by atoms with Crippen LogP contribution in [0.1, 0.15) is 16.1 Å². The first-order valence-electron chi connectivity index (χ1n) is 10.3. The largest absolute Gasteiger partial charge is 0.497 e. The van der Waals surface area contributed by atoms with Gasteiger partial charge in [-0.05, 0) is 36.8 Å². The Balaban J connectivity index is 1.28. The Morgan fingerprint density at radius 3 is 2.57 bits per heavy atom. The zero-order valence-corrected chi connectivity index (χ0v) is 18.3. The van der Waals surface area contributed by atoms with Crippen molar-refractivity contribution in [3.63, 3.8) is 0 Å². The van der Waals surface area contributed by atoms with Gasteiger partial charge in [0.05, 0.1) is 25.8 Å². The quantitative estimate of drug-likeness (QED) is 0.603. The van der Waals surface area contributed by atoms with Crippen molar-refractivity contribution in [2.24, 2.45) is 0 Å². The number of piperazine rings is 1. The summed E-state index contributed by atoms with van der Waals surface area (Å²) in [6.45, 7) is 6.23. The van der Waals surface area contributed by atoms with Gasteiger partial charge in [-0.15, -0.1) is 11.3 Å². The number of amides is 1. The number of thiazole rings is 1. The maximum absolute atomic E-state index is 12.6. The minimum Gasteiger partial charge on any atom is -0.497 e. The van der Waals surface area contributed by atoms with Gasteiger partial charge in [-0.3, -0.25) is 9.69 Å². The number of carbonyl (C=O) groups is 1. The highest BCUT2D eigenvalue weighted by Gasteiger charge is 2.22. The molecule has 1 saturated heterocycles. The van der Waals surface area contributed by atoms with E-state index in [4.69, 9.17) is 9.72 Å². The molecular formula is C24H27N3O2S. The molecule has 1 fully saturated rings. The number of hydrogen-bond acceptors (Lipinski definition) is 5. The van der Waals surface area contributed by atoms with Gasteiger partial charge in [0.2, 0.25) is 5.91 Å². The van der Waals surface area contributed by atoms with E-state index in [2.05, 4.69) is 29.3 Å². The fourth-order valence-electron chi connectivity index (χ4n) is 3.73. The lowest BCUT2D eigenvalue weighted by molar-refractivity contribution is -0.132. The van der Waals surface area contributed by atoms with Crippen molar-refractivity contribution in [1.82, 2.24) is 14.8 Å². The Bertz CT molecular complexity index is 992. The van der Waals surface area contributed by atoms with Crippen LogP contribution in [-0.2, 0) is 17.8 Å². The van der Waals surface area contributed by atoms with Crippen LogP contribution in [-0.4, -0.2) is 54.0 Å². The molecule has 0 unspecified atom stereocenters. The molecule has 2 aromatic carbocycles. The van der Waals surface area contributed by atoms with Crippen LogP contribution >= 0.6 is 11.3 Å². The Kier molecular flexibility index (Phi) is 6.45. The Hall–Kier alpha value is -2.70. The minimum atomic E-state index is 0.219. The highest BCUT2D eigenvalue weighted by Crippen LogP contribution is 2.25. The number of benzene rings is 2. The Labute approximate surface area is 181 Å². The number of methoxy groups -OCH3 is 1. The van der Waals surface area contributed by atoms with Gasteiger partial charge in [0, 0.05) is 37.1 Å². The van der Waals surface area contributed by atoms with Crippen LogP contribution in [0.25, 0.3) is 11.3 Å². The number of rotatable bonds is 6. The van der Waals surface area contributed by atoms with Gasteiger partial charge in [-0.25, -0.2) is 4.98 Å². The number of carbonyl (C=O) groups excluding carboxylic acids is 1. The molecule has 1 aromatic heterocycles. The van der Waals surface area contributed by atoms with Crippen molar-refractivity contribution in [2.45, 2.75) is 19.9 Å². The molecule has 3 aromatic rings. The Morgan fingerprint density at radius 1 is 1.10 bits per heavy atom. The van der Waals surface area contributed by atoms with E-state index in [0.29, 0.717) is 6.42 Å². The summed E-state index contributed by atoms with van der Waals surface area (Å²) >= 11 is 1.69. The molecule has 1 aliphatic heterocycles. The molecule has 0 saturated carbocycles. The molecule has 1 amide bonds. The predicted octanol–water partition coefficient (Wildman–Crippen LogP) is 4.01. The summed E-state index contributed by atoms with van der Waals surface area (Å²) in [5.41, 5.74) is 4.40. The molecular weight excluding hydrogens is 394 g/mol. The van der Waals surface area contributed by atoms with Crippen LogP contribution in [0.3, 0.4) is 0 Å². The lowest BCUT2D eigenvalue weighted by Crippen LogP contribution is -2.48. The van der Waals surface area contributed by atoms with E-state index in [-0.39, 0.29) is 5.91 Å². The van der Waals surface area contributed by atoms with E-state index in [9.17, 15) is 4.79 Å². The van der Waals surface area contributed by atoms with Crippen LogP contribution in [0, 0.1) is 6.92 Å². The SMILES string of the molecule is COc1ccc(-c2csc(CN3CCN(C(=O)Cc4cccc(C)c4)CC3)n2)cc1. The second-order valence-electron chi connectivity index (χ2n) is 7.68. The Morgan fingerprint density at radius 2 is 1.87 bits per heavy atom. The first-order valence-corrected chi connectivity index (χ1v) is 11.1. The molecule has 0 radical (unpaired) electrons. The zero-order chi connectivity index (χ0) is 20.9. The van der Waals surface area contributed by atoms with Gasteiger partial charge in [0.25, 0.3) is 0 Å². The van der Waals surface area contributed by atoms with Crippen LogP contribution in [0.15, 0.2) is 53.9 Å². The fourth-order valence-corrected chi connectivity index (χ4v) is 4.58. The molecule has 0 N–H and O–H groups in total. The lowest BCUT2D eigenvalue weighted by Gasteiger charge is -2.34. The second kappa shape index (κ2) is 9.41. The molecule has 0 aliphatic carbocycles. The number of aromatic nitrogens is 1. The van der Waals surface area contributed by atoms with E-state index >= 15 is 0 Å². The monoisotopic (exact) mass is 421 g/mol. The van der Waals surface area contributed by atoms with E-state index in [1.807, 2.05) is 41.3 Å². The van der Waals surface area contributed by atoms with Crippen molar-refractivity contribution in [1.29, 1.82) is 0 Å². The number of hydrogen-bond donors (Lipinski definition) is 0. The molecule has 0 spiro atoms. The molecule has 2 heterocycles. The van der Waals surface area contributed by atoms with E-state index in [0.717, 1.165) is 60.3 Å². The predicted molar refractivity (Wildman–Crippen MR) is 121 cm³/mol. The maximum atomic E-state index is 12.6. The number of ether oxygens (including phenoxy) is 1. The van der Waals surface area contributed by atoms with Crippen molar-refractivity contribution in [3.05, 3.63) is 70.0 Å². The molecule has 1 aliphatic rings. The second-order valence-corrected chi connectivity index (χ2v) is 8.62. The van der Waals surface area contributed by atoms with Gasteiger partial charge in [0.1, 0.15) is 10.8 Å². The van der Waals surface area contributed by atoms with Crippen molar-refractivity contribution < 1.29 is 9.53 Å². The molecule has 0 bridgehead atoms. The van der Waals surface area contributed by atoms with Gasteiger partial charge in [-0.1, -0.05) is 29.8 Å². The zero-order valence-electron chi connectivity index (χ0n) is 17.5. The molecule has 4 rings (SSSR count). The third kappa shape index (κ3) is 5.07. The third-order valence-electron chi connectivity index (χ3n) is 5.46. The summed E-state index contributed by atoms with van der Waals surface area (Å²) in [6.07, 6.45) is 0.485. The van der Waals surface area contributed by atoms with Gasteiger partial charge >= 0.3 is 0 Å². The maximum Gasteiger partial charge on any atom is 0.227 e. The number of nitrogens with zero attached hydrogens (tertiary/aromatic N) is 3. The first kappa shape index (κ1) is 20.6. The number of aryl methyl sites for hydroxylation is 1. The summed E-state index contributed by atoms with van der Waals surface area (Å²) < 4.78 is 5.22. The highest BCUT2D eigenvalue weighted by atomic mass is 32.1. The molecule has 30 heavy (non-hydrogen) atoms. The molecule has 156 valence electrons. The van der Waals surface area contributed by atoms with E-state index in [1.54, 1.807) is 18.4 Å². The van der Waals surface area contributed by atoms with Gasteiger partial charge in [0.15, 0.2) is 0 Å². The summed E-state index contributed by atoms with van der Waals surface area (Å²) in [7, 11) is 1.67. The fraction of sp³-hybridized carbons (Fsp3) is 0.333. The summed E-state index contributed by atoms with van der Waals surface area (Å²) in [5.74, 6) is 1.07. The van der Waals surface area contributed by atoms with Crippen LogP contribution in [0.5, 0.6) is 5.75 Å². The van der Waals surface area contributed by atoms with Gasteiger partial charge < -0.3 is 9.64 Å². The van der Waals surface area contributed by atoms with E-state index in [1.165, 1.54) is 5.56 Å². The smallest absolute Gasteiger partial charge is 0.227 e. The van der Waals surface area contributed by atoms with Crippen LogP contribution in [0.2, 0.25) is 0 Å². The minimum absolute atomic E-state index is 0.219. The molecule has 0 atom stereocenters. The lowest BCUT2D eigenvalue weighted by atomic mass is 10.1. The third-order valence-corrected chi connectivity index (χ3v) is 6.29. The molecule has 6 heteroatoms. The standard InChI is InChI=1S/C24H27N3O2S/c1-18-4-3-5-19(14-18)15-24(28)27-12-10-26(11-13-27)16-23-25-22(17-30-23)20-6-8-21(29-2)9-7-20/h3-9,14,17H,10-13,15-16H2,1-2H3. The van der Waals surface area contributed by atoms with E-state index < -0.39 is 0 Å². The van der Waals surface area contributed by atoms with Crippen molar-refractivity contribution in [3.8, 4) is 17.0 Å². The summed E-state index contributed by atoms with van der Waals surface area (Å²) in [6, 6.07) is 16.2. The normalized spacial score (nSPS) is 14.7. The van der Waals surface area contributed by atoms with Crippen molar-refractivity contribution in [2.75, 3.05) is 33.3 Å². The summed E-state index contributed by atoms with van der Waals surface area (Å²) in [4.78, 5) is 21.8. The summed E-state index contributed by atoms with van der Waals surface area (Å²) in [5, 5.41) is 3.22. The van der Waals surface area contributed by atoms with Gasteiger partial charge in [-0.2, -0.15) is 0 Å². The highest BCUT2D eigenvalue weighted by molar-refractivity contribution is 7.09. The van der Waals surface area contributed by atoms with Crippen LogP contribution in [0.4, 0.5) is 0 Å². The molecule has 5 nitrogen and oxygen atoms in total. The van der Waals surface area contributed by atoms with Crippen LogP contribution < -0.4 is 4.74 Å². The first-order chi connectivity index (χ1) is 14.6. The average Bonchev–Trinajstić information content (AvgIpc) is 3.23. The topological polar surface area (TPSA) is 45.7 Å².